The molecule has 1 aromatic heterocycles. The Morgan fingerprint density at radius 3 is 2.75 bits per heavy atom. The Morgan fingerprint density at radius 2 is 2.19 bits per heavy atom. The molecule has 3 nitrogen and oxygen atoms in total. The lowest BCUT2D eigenvalue weighted by Gasteiger charge is -2.20. The molecule has 0 atom stereocenters. The van der Waals surface area contributed by atoms with Gasteiger partial charge in [-0.25, -0.2) is 9.97 Å². The van der Waals surface area contributed by atoms with E-state index in [1.54, 1.807) is 6.07 Å². The molecular weight excluding hydrogens is 222 g/mol. The van der Waals surface area contributed by atoms with E-state index in [1.807, 2.05) is 13.8 Å². The molecule has 0 aromatic carbocycles. The van der Waals surface area contributed by atoms with Crippen LogP contribution in [0.2, 0.25) is 5.15 Å². The smallest absolute Gasteiger partial charge is 0.135 e. The van der Waals surface area contributed by atoms with Gasteiger partial charge in [-0.05, 0) is 26.7 Å². The molecule has 1 aliphatic rings. The molecule has 1 fully saturated rings. The van der Waals surface area contributed by atoms with E-state index in [1.165, 1.54) is 0 Å². The van der Waals surface area contributed by atoms with Crippen molar-refractivity contribution in [1.82, 2.24) is 9.97 Å². The quantitative estimate of drug-likeness (QED) is 0.647. The lowest BCUT2D eigenvalue weighted by molar-refractivity contribution is 0.732. The Hall–Kier alpha value is -1.27. The molecule has 0 spiro atoms. The minimum atomic E-state index is -0.432. The predicted octanol–water partition coefficient (Wildman–Crippen LogP) is 2.83. The lowest BCUT2D eigenvalue weighted by atomic mass is 10.1. The van der Waals surface area contributed by atoms with Crippen molar-refractivity contribution in [3.8, 4) is 12.3 Å². The van der Waals surface area contributed by atoms with Gasteiger partial charge in [0.15, 0.2) is 0 Å². The van der Waals surface area contributed by atoms with E-state index in [0.717, 1.165) is 18.7 Å². The van der Waals surface area contributed by atoms with Crippen LogP contribution in [0.4, 0.5) is 5.82 Å². The maximum atomic E-state index is 5.95. The highest BCUT2D eigenvalue weighted by Gasteiger charge is 2.27. The third-order valence-electron chi connectivity index (χ3n) is 2.46. The van der Waals surface area contributed by atoms with Crippen LogP contribution in [0.3, 0.4) is 0 Å². The van der Waals surface area contributed by atoms with Crippen molar-refractivity contribution >= 4 is 17.4 Å². The van der Waals surface area contributed by atoms with Gasteiger partial charge in [-0.3, -0.25) is 0 Å². The molecule has 1 saturated carbocycles. The van der Waals surface area contributed by atoms with E-state index < -0.39 is 5.54 Å². The predicted molar refractivity (Wildman–Crippen MR) is 65.6 cm³/mol. The minimum absolute atomic E-state index is 0.432. The van der Waals surface area contributed by atoms with Crippen molar-refractivity contribution in [2.45, 2.75) is 38.1 Å². The molecule has 0 radical (unpaired) electrons. The summed E-state index contributed by atoms with van der Waals surface area (Å²) in [5.74, 6) is 4.66. The highest BCUT2D eigenvalue weighted by atomic mass is 35.5. The third kappa shape index (κ3) is 2.65. The molecule has 1 N–H and O–H groups in total. The molecular formula is C12H14ClN3. The van der Waals surface area contributed by atoms with Crippen LogP contribution < -0.4 is 5.32 Å². The summed E-state index contributed by atoms with van der Waals surface area (Å²) in [5.41, 5.74) is -0.432. The number of anilines is 1. The van der Waals surface area contributed by atoms with Crippen LogP contribution >= 0.6 is 11.6 Å². The molecule has 0 amide bonds. The Kier molecular flexibility index (Phi) is 2.77. The fourth-order valence-corrected chi connectivity index (χ4v) is 1.57. The molecule has 0 unspecified atom stereocenters. The molecule has 1 aliphatic carbocycles. The Balaban J connectivity index is 2.24. The number of hydrogen-bond acceptors (Lipinski definition) is 3. The number of halogens is 1. The molecule has 16 heavy (non-hydrogen) atoms. The number of aromatic nitrogens is 2. The van der Waals surface area contributed by atoms with Gasteiger partial charge in [0, 0.05) is 12.0 Å². The monoisotopic (exact) mass is 235 g/mol. The van der Waals surface area contributed by atoms with Gasteiger partial charge in [0.05, 0.1) is 5.54 Å². The number of nitrogens with one attached hydrogen (secondary N) is 1. The maximum Gasteiger partial charge on any atom is 0.135 e. The highest BCUT2D eigenvalue weighted by molar-refractivity contribution is 6.29. The Morgan fingerprint density at radius 1 is 1.50 bits per heavy atom. The summed E-state index contributed by atoms with van der Waals surface area (Å²) in [7, 11) is 0. The highest BCUT2D eigenvalue weighted by Crippen LogP contribution is 2.38. The van der Waals surface area contributed by atoms with Crippen molar-refractivity contribution < 1.29 is 0 Å². The summed E-state index contributed by atoms with van der Waals surface area (Å²) < 4.78 is 0. The van der Waals surface area contributed by atoms with Gasteiger partial charge in [-0.1, -0.05) is 17.5 Å². The van der Waals surface area contributed by atoms with Gasteiger partial charge in [0.1, 0.15) is 16.8 Å². The van der Waals surface area contributed by atoms with E-state index in [0.29, 0.717) is 16.9 Å². The van der Waals surface area contributed by atoms with Gasteiger partial charge >= 0.3 is 0 Å². The largest absolute Gasteiger partial charge is 0.354 e. The van der Waals surface area contributed by atoms with Crippen molar-refractivity contribution in [3.05, 3.63) is 17.0 Å². The van der Waals surface area contributed by atoms with Gasteiger partial charge in [-0.2, -0.15) is 0 Å². The van der Waals surface area contributed by atoms with Gasteiger partial charge < -0.3 is 5.32 Å². The summed E-state index contributed by atoms with van der Waals surface area (Å²) in [5, 5.41) is 3.63. The van der Waals surface area contributed by atoms with Gasteiger partial charge in [-0.15, -0.1) is 6.42 Å². The topological polar surface area (TPSA) is 37.8 Å². The summed E-state index contributed by atoms with van der Waals surface area (Å²) >= 11 is 5.95. The number of nitrogens with zero attached hydrogens (tertiary/aromatic N) is 2. The molecule has 0 aliphatic heterocycles. The van der Waals surface area contributed by atoms with Gasteiger partial charge in [0.25, 0.3) is 0 Å². The third-order valence-corrected chi connectivity index (χ3v) is 2.65. The first-order valence-electron chi connectivity index (χ1n) is 5.30. The molecule has 0 bridgehead atoms. The van der Waals surface area contributed by atoms with Crippen molar-refractivity contribution in [2.75, 3.05) is 5.32 Å². The van der Waals surface area contributed by atoms with Crippen molar-refractivity contribution in [2.24, 2.45) is 0 Å². The van der Waals surface area contributed by atoms with Crippen LogP contribution in [0, 0.1) is 12.3 Å². The van der Waals surface area contributed by atoms with E-state index in [-0.39, 0.29) is 0 Å². The normalized spacial score (nSPS) is 15.6. The second-order valence-electron chi connectivity index (χ2n) is 4.60. The fourth-order valence-electron chi connectivity index (χ4n) is 1.38. The first kappa shape index (κ1) is 11.2. The summed E-state index contributed by atoms with van der Waals surface area (Å²) in [4.78, 5) is 8.64. The number of terminal acetylenes is 1. The molecule has 84 valence electrons. The zero-order valence-electron chi connectivity index (χ0n) is 9.42. The lowest BCUT2D eigenvalue weighted by Crippen LogP contribution is -2.29. The summed E-state index contributed by atoms with van der Waals surface area (Å²) in [6.45, 7) is 3.83. The van der Waals surface area contributed by atoms with Crippen LogP contribution in [0.5, 0.6) is 0 Å². The molecule has 4 heteroatoms. The van der Waals surface area contributed by atoms with Crippen LogP contribution in [0.15, 0.2) is 6.07 Å². The molecule has 1 aromatic rings. The SMILES string of the molecule is C#CC(C)(C)Nc1cc(Cl)nc(C2CC2)n1. The standard InChI is InChI=1S/C12H14ClN3/c1-4-12(2,3)16-10-7-9(13)14-11(15-10)8-5-6-8/h1,7-8H,5-6H2,2-3H3,(H,14,15,16). The van der Waals surface area contributed by atoms with E-state index in [9.17, 15) is 0 Å². The van der Waals surface area contributed by atoms with E-state index in [4.69, 9.17) is 18.0 Å². The van der Waals surface area contributed by atoms with Crippen LogP contribution in [0.25, 0.3) is 0 Å². The average Bonchev–Trinajstić information content (AvgIpc) is 2.99. The van der Waals surface area contributed by atoms with Crippen molar-refractivity contribution in [3.63, 3.8) is 0 Å². The van der Waals surface area contributed by atoms with Crippen LogP contribution in [0.1, 0.15) is 38.4 Å². The summed E-state index contributed by atoms with van der Waals surface area (Å²) in [6, 6.07) is 1.70. The summed E-state index contributed by atoms with van der Waals surface area (Å²) in [6.07, 6.45) is 7.72. The van der Waals surface area contributed by atoms with Crippen LogP contribution in [-0.2, 0) is 0 Å². The minimum Gasteiger partial charge on any atom is -0.354 e. The van der Waals surface area contributed by atoms with E-state index >= 15 is 0 Å². The zero-order chi connectivity index (χ0) is 11.8. The number of rotatable bonds is 3. The maximum absolute atomic E-state index is 5.95. The second-order valence-corrected chi connectivity index (χ2v) is 4.99. The van der Waals surface area contributed by atoms with Crippen LogP contribution in [-0.4, -0.2) is 15.5 Å². The zero-order valence-corrected chi connectivity index (χ0v) is 10.2. The molecule has 1 heterocycles. The van der Waals surface area contributed by atoms with E-state index in [2.05, 4.69) is 21.2 Å². The Labute approximate surface area is 101 Å². The van der Waals surface area contributed by atoms with Crippen molar-refractivity contribution in [1.29, 1.82) is 0 Å². The fraction of sp³-hybridized carbons (Fsp3) is 0.500. The first-order valence-corrected chi connectivity index (χ1v) is 5.68. The molecule has 2 rings (SSSR count). The Bertz CT molecular complexity index is 444. The number of hydrogen-bond donors (Lipinski definition) is 1. The second kappa shape index (κ2) is 3.95. The van der Waals surface area contributed by atoms with Gasteiger partial charge in [0.2, 0.25) is 0 Å². The average molecular weight is 236 g/mol. The molecule has 0 saturated heterocycles. The first-order chi connectivity index (χ1) is 7.50.